The van der Waals surface area contributed by atoms with Crippen molar-refractivity contribution in [1.82, 2.24) is 0 Å². The minimum Gasteiger partial charge on any atom is -0.370 e. The van der Waals surface area contributed by atoms with E-state index in [0.717, 1.165) is 0 Å². The number of carbonyl (C=O) groups is 1. The van der Waals surface area contributed by atoms with Gasteiger partial charge < -0.3 is 5.11 Å². The first-order valence-corrected chi connectivity index (χ1v) is 4.62. The van der Waals surface area contributed by atoms with Crippen molar-refractivity contribution in [3.05, 3.63) is 47.0 Å². The van der Waals surface area contributed by atoms with E-state index in [9.17, 15) is 9.90 Å². The van der Waals surface area contributed by atoms with Crippen molar-refractivity contribution >= 4 is 5.78 Å². The van der Waals surface area contributed by atoms with Crippen LogP contribution in [0.25, 0.3) is 0 Å². The third-order valence-electron chi connectivity index (χ3n) is 2.59. The quantitative estimate of drug-likeness (QED) is 0.643. The summed E-state index contributed by atoms with van der Waals surface area (Å²) in [5.41, 5.74) is 0.00407. The van der Waals surface area contributed by atoms with Gasteiger partial charge in [0.2, 0.25) is 0 Å². The molecule has 2 heteroatoms. The number of carbonyl (C=O) groups excluding carboxylic acids is 1. The van der Waals surface area contributed by atoms with Crippen molar-refractivity contribution in [2.75, 3.05) is 0 Å². The van der Waals surface area contributed by atoms with Gasteiger partial charge in [-0.25, -0.2) is 0 Å². The number of Topliss-reactive ketones (excluding diaryl/α,β-unsaturated/α-hetero) is 1. The Kier molecular flexibility index (Phi) is 1.99. The van der Waals surface area contributed by atoms with Gasteiger partial charge >= 0.3 is 0 Å². The number of aliphatic hydroxyl groups is 1. The molecule has 0 bridgehead atoms. The van der Waals surface area contributed by atoms with E-state index in [-0.39, 0.29) is 5.78 Å². The first-order chi connectivity index (χ1) is 7.08. The molecule has 1 aliphatic carbocycles. The average molecular weight is 198 g/mol. The highest BCUT2D eigenvalue weighted by molar-refractivity contribution is 6.11. The molecule has 74 valence electrons. The summed E-state index contributed by atoms with van der Waals surface area (Å²) in [5.74, 6) is 2.24. The number of allylic oxidation sites excluding steroid dienone is 1. The van der Waals surface area contributed by atoms with Crippen LogP contribution in [0, 0.1) is 12.3 Å². The van der Waals surface area contributed by atoms with Crippen molar-refractivity contribution in [2.24, 2.45) is 0 Å². The van der Waals surface area contributed by atoms with Crippen molar-refractivity contribution in [3.63, 3.8) is 0 Å². The van der Waals surface area contributed by atoms with Crippen LogP contribution in [0.2, 0.25) is 0 Å². The molecular formula is C13H10O2. The fraction of sp³-hybridized carbons (Fsp3) is 0.154. The minimum atomic E-state index is -1.45. The number of benzene rings is 1. The Bertz CT molecular complexity index is 506. The minimum absolute atomic E-state index is 0.0782. The number of ketones is 1. The van der Waals surface area contributed by atoms with Crippen LogP contribution >= 0.6 is 0 Å². The number of terminal acetylenes is 1. The number of hydrogen-bond acceptors (Lipinski definition) is 2. The SMILES string of the molecule is C#CC1(O)C=C(C)C(=O)c2ccccc21. The van der Waals surface area contributed by atoms with Crippen molar-refractivity contribution in [2.45, 2.75) is 12.5 Å². The Morgan fingerprint density at radius 1 is 1.40 bits per heavy atom. The lowest BCUT2D eigenvalue weighted by atomic mass is 9.81. The van der Waals surface area contributed by atoms with E-state index in [1.807, 2.05) is 0 Å². The van der Waals surface area contributed by atoms with Crippen molar-refractivity contribution < 1.29 is 9.90 Å². The van der Waals surface area contributed by atoms with E-state index in [2.05, 4.69) is 5.92 Å². The normalized spacial score (nSPS) is 24.1. The number of hydrogen-bond donors (Lipinski definition) is 1. The third-order valence-corrected chi connectivity index (χ3v) is 2.59. The molecule has 0 aromatic heterocycles. The van der Waals surface area contributed by atoms with Crippen LogP contribution in [-0.4, -0.2) is 10.9 Å². The van der Waals surface area contributed by atoms with Gasteiger partial charge in [-0.2, -0.15) is 0 Å². The Labute approximate surface area is 88.2 Å². The number of rotatable bonds is 0. The highest BCUT2D eigenvalue weighted by atomic mass is 16.3. The molecule has 1 unspecified atom stereocenters. The number of fused-ring (bicyclic) bond motifs is 1. The first-order valence-electron chi connectivity index (χ1n) is 4.62. The summed E-state index contributed by atoms with van der Waals surface area (Å²) in [6.45, 7) is 1.65. The van der Waals surface area contributed by atoms with Crippen molar-refractivity contribution in [3.8, 4) is 12.3 Å². The van der Waals surface area contributed by atoms with Gasteiger partial charge in [-0.3, -0.25) is 4.79 Å². The summed E-state index contributed by atoms with van der Waals surface area (Å²) < 4.78 is 0. The molecule has 0 amide bonds. The second kappa shape index (κ2) is 3.08. The Morgan fingerprint density at radius 3 is 2.73 bits per heavy atom. The molecule has 15 heavy (non-hydrogen) atoms. The Hall–Kier alpha value is -1.85. The predicted molar refractivity (Wildman–Crippen MR) is 57.3 cm³/mol. The largest absolute Gasteiger partial charge is 0.370 e. The van der Waals surface area contributed by atoms with Crippen LogP contribution in [-0.2, 0) is 5.60 Å². The van der Waals surface area contributed by atoms with E-state index in [4.69, 9.17) is 6.42 Å². The van der Waals surface area contributed by atoms with Crippen LogP contribution in [0.5, 0.6) is 0 Å². The van der Waals surface area contributed by atoms with Crippen LogP contribution in [0.1, 0.15) is 22.8 Å². The zero-order valence-electron chi connectivity index (χ0n) is 8.32. The van der Waals surface area contributed by atoms with E-state index in [1.54, 1.807) is 31.2 Å². The molecule has 0 heterocycles. The Morgan fingerprint density at radius 2 is 2.07 bits per heavy atom. The van der Waals surface area contributed by atoms with Crippen LogP contribution < -0.4 is 0 Å². The van der Waals surface area contributed by atoms with Gasteiger partial charge in [0.25, 0.3) is 0 Å². The smallest absolute Gasteiger partial charge is 0.188 e. The highest BCUT2D eigenvalue weighted by Gasteiger charge is 2.33. The van der Waals surface area contributed by atoms with Gasteiger partial charge in [0, 0.05) is 11.1 Å². The van der Waals surface area contributed by atoms with Crippen molar-refractivity contribution in [1.29, 1.82) is 0 Å². The summed E-state index contributed by atoms with van der Waals surface area (Å²) in [5, 5.41) is 10.2. The van der Waals surface area contributed by atoms with Gasteiger partial charge in [-0.15, -0.1) is 6.42 Å². The highest BCUT2D eigenvalue weighted by Crippen LogP contribution is 2.32. The monoisotopic (exact) mass is 198 g/mol. The average Bonchev–Trinajstić information content (AvgIpc) is 2.26. The molecule has 0 radical (unpaired) electrons. The summed E-state index contributed by atoms with van der Waals surface area (Å²) in [4.78, 5) is 11.8. The van der Waals surface area contributed by atoms with Gasteiger partial charge in [-0.1, -0.05) is 30.2 Å². The van der Waals surface area contributed by atoms with Crippen LogP contribution in [0.4, 0.5) is 0 Å². The molecule has 2 nitrogen and oxygen atoms in total. The van der Waals surface area contributed by atoms with Crippen LogP contribution in [0.3, 0.4) is 0 Å². The predicted octanol–water partition coefficient (Wildman–Crippen LogP) is 1.65. The standard InChI is InChI=1S/C13H10O2/c1-3-13(15)8-9(2)12(14)10-6-4-5-7-11(10)13/h1,4-8,15H,2H3. The zero-order chi connectivity index (χ0) is 11.1. The lowest BCUT2D eigenvalue weighted by Gasteiger charge is -2.26. The summed E-state index contributed by atoms with van der Waals surface area (Å²) >= 11 is 0. The molecular weight excluding hydrogens is 188 g/mol. The maximum absolute atomic E-state index is 11.8. The summed E-state index contributed by atoms with van der Waals surface area (Å²) in [6, 6.07) is 6.86. The summed E-state index contributed by atoms with van der Waals surface area (Å²) in [7, 11) is 0. The third kappa shape index (κ3) is 1.29. The topological polar surface area (TPSA) is 37.3 Å². The molecule has 0 saturated carbocycles. The molecule has 0 spiro atoms. The van der Waals surface area contributed by atoms with Crippen LogP contribution in [0.15, 0.2) is 35.9 Å². The van der Waals surface area contributed by atoms with Gasteiger partial charge in [-0.05, 0) is 18.6 Å². The molecule has 0 saturated heterocycles. The molecule has 1 atom stereocenters. The second-order valence-corrected chi connectivity index (χ2v) is 3.61. The first kappa shape index (κ1) is 9.70. The molecule has 2 rings (SSSR count). The maximum atomic E-state index is 11.8. The van der Waals surface area contributed by atoms with E-state index < -0.39 is 5.60 Å². The molecule has 1 aromatic rings. The van der Waals surface area contributed by atoms with Gasteiger partial charge in [0.05, 0.1) is 0 Å². The fourth-order valence-electron chi connectivity index (χ4n) is 1.80. The van der Waals surface area contributed by atoms with Gasteiger partial charge in [0.1, 0.15) is 0 Å². The molecule has 1 aromatic carbocycles. The molecule has 1 aliphatic rings. The van der Waals surface area contributed by atoms with E-state index in [1.165, 1.54) is 6.08 Å². The van der Waals surface area contributed by atoms with E-state index >= 15 is 0 Å². The van der Waals surface area contributed by atoms with E-state index in [0.29, 0.717) is 16.7 Å². The summed E-state index contributed by atoms with van der Waals surface area (Å²) in [6.07, 6.45) is 6.73. The molecule has 1 N–H and O–H groups in total. The molecule has 0 fully saturated rings. The maximum Gasteiger partial charge on any atom is 0.188 e. The van der Waals surface area contributed by atoms with Gasteiger partial charge in [0.15, 0.2) is 11.4 Å². The zero-order valence-corrected chi connectivity index (χ0v) is 8.32. The lowest BCUT2D eigenvalue weighted by Crippen LogP contribution is -2.29. The molecule has 0 aliphatic heterocycles. The lowest BCUT2D eigenvalue weighted by molar-refractivity contribution is 0.0990. The second-order valence-electron chi connectivity index (χ2n) is 3.61. The fourth-order valence-corrected chi connectivity index (χ4v) is 1.80. The Balaban J connectivity index is 2.76.